The molecule has 1 aliphatic carbocycles. The van der Waals surface area contributed by atoms with Crippen LogP contribution in [0.2, 0.25) is 0 Å². The second-order valence-electron chi connectivity index (χ2n) is 6.89. The van der Waals surface area contributed by atoms with Crippen LogP contribution in [-0.4, -0.2) is 22.6 Å². The van der Waals surface area contributed by atoms with E-state index in [1.54, 1.807) is 0 Å². The maximum absolute atomic E-state index is 12.3. The Balaban J connectivity index is 1.76. The highest BCUT2D eigenvalue weighted by Gasteiger charge is 2.39. The number of unbranched alkanes of at least 4 members (excludes halogenated alkanes) is 3. The Hall–Kier alpha value is -1.29. The topological polar surface area (TPSA) is 54.4 Å². The quantitative estimate of drug-likeness (QED) is 0.475. The van der Waals surface area contributed by atoms with Crippen molar-refractivity contribution in [1.29, 1.82) is 0 Å². The molecule has 3 nitrogen and oxygen atoms in total. The summed E-state index contributed by atoms with van der Waals surface area (Å²) < 4.78 is 0. The van der Waals surface area contributed by atoms with Crippen molar-refractivity contribution in [3.05, 3.63) is 30.3 Å². The second kappa shape index (κ2) is 9.87. The molecule has 0 spiro atoms. The molecule has 3 atom stereocenters. The van der Waals surface area contributed by atoms with Gasteiger partial charge in [0.25, 0.3) is 0 Å². The van der Waals surface area contributed by atoms with E-state index in [9.17, 15) is 9.59 Å². The van der Waals surface area contributed by atoms with Crippen LogP contribution in [0.25, 0.3) is 0 Å². The molecule has 0 bridgehead atoms. The van der Waals surface area contributed by atoms with Gasteiger partial charge in [0.1, 0.15) is 5.78 Å². The number of aliphatic carboxylic acids is 1. The molecule has 1 aliphatic rings. The summed E-state index contributed by atoms with van der Waals surface area (Å²) in [6.45, 7) is 2.21. The summed E-state index contributed by atoms with van der Waals surface area (Å²) in [5, 5.41) is 8.65. The number of hydrogen-bond acceptors (Lipinski definition) is 3. The van der Waals surface area contributed by atoms with Gasteiger partial charge in [-0.3, -0.25) is 9.59 Å². The molecule has 0 heterocycles. The van der Waals surface area contributed by atoms with Crippen molar-refractivity contribution in [3.63, 3.8) is 0 Å². The van der Waals surface area contributed by atoms with Crippen molar-refractivity contribution < 1.29 is 14.7 Å². The first-order chi connectivity index (χ1) is 11.6. The van der Waals surface area contributed by atoms with E-state index in [1.165, 1.54) is 4.90 Å². The van der Waals surface area contributed by atoms with Crippen LogP contribution in [0.4, 0.5) is 0 Å². The fourth-order valence-corrected chi connectivity index (χ4v) is 4.91. The van der Waals surface area contributed by atoms with E-state index >= 15 is 0 Å². The minimum atomic E-state index is -0.715. The summed E-state index contributed by atoms with van der Waals surface area (Å²) in [4.78, 5) is 24.1. The molecule has 0 aromatic heterocycles. The van der Waals surface area contributed by atoms with Crippen LogP contribution in [0.15, 0.2) is 35.2 Å². The molecular weight excluding hydrogens is 320 g/mol. The minimum absolute atomic E-state index is 0.204. The average molecular weight is 349 g/mol. The van der Waals surface area contributed by atoms with Crippen LogP contribution in [0.1, 0.15) is 51.9 Å². The number of Topliss-reactive ketones (excluding diaryl/α,β-unsaturated/α-hetero) is 1. The number of hydrogen-bond donors (Lipinski definition) is 1. The Labute approximate surface area is 149 Å². The van der Waals surface area contributed by atoms with Crippen LogP contribution in [0, 0.1) is 17.8 Å². The van der Waals surface area contributed by atoms with Gasteiger partial charge in [-0.25, -0.2) is 0 Å². The van der Waals surface area contributed by atoms with Gasteiger partial charge in [0.15, 0.2) is 0 Å². The molecule has 24 heavy (non-hydrogen) atoms. The Morgan fingerprint density at radius 2 is 1.88 bits per heavy atom. The summed E-state index contributed by atoms with van der Waals surface area (Å²) in [6.07, 6.45) is 5.72. The average Bonchev–Trinajstić information content (AvgIpc) is 2.83. The zero-order chi connectivity index (χ0) is 17.4. The van der Waals surface area contributed by atoms with Crippen LogP contribution in [-0.2, 0) is 9.59 Å². The standard InChI is InChI=1S/C20H28O3S/c1-15-13-19(21)17(11-7-2-3-8-12-20(22)23)18(15)14-24-16-9-5-4-6-10-16/h4-6,9-10,15,17-18H,2-3,7-8,11-14H2,1H3,(H,22,23). The first-order valence-electron chi connectivity index (χ1n) is 9.00. The highest BCUT2D eigenvalue weighted by atomic mass is 32.2. The summed E-state index contributed by atoms with van der Waals surface area (Å²) in [7, 11) is 0. The predicted octanol–water partition coefficient (Wildman–Crippen LogP) is 5.05. The normalized spacial score (nSPS) is 23.5. The van der Waals surface area contributed by atoms with Gasteiger partial charge < -0.3 is 5.11 Å². The molecule has 4 heteroatoms. The van der Waals surface area contributed by atoms with Gasteiger partial charge in [-0.2, -0.15) is 0 Å². The lowest BCUT2D eigenvalue weighted by Gasteiger charge is -2.21. The molecular formula is C20H28O3S. The lowest BCUT2D eigenvalue weighted by molar-refractivity contribution is -0.137. The van der Waals surface area contributed by atoms with Gasteiger partial charge in [0.05, 0.1) is 0 Å². The largest absolute Gasteiger partial charge is 0.481 e. The Morgan fingerprint density at radius 1 is 1.17 bits per heavy atom. The van der Waals surface area contributed by atoms with E-state index < -0.39 is 5.97 Å². The molecule has 1 fully saturated rings. The SMILES string of the molecule is CC1CC(=O)C(CCCCCCC(=O)O)C1CSc1ccccc1. The number of rotatable bonds is 10. The van der Waals surface area contributed by atoms with Gasteiger partial charge in [-0.1, -0.05) is 44.4 Å². The molecule has 3 unspecified atom stereocenters. The second-order valence-corrected chi connectivity index (χ2v) is 7.98. The summed E-state index contributed by atoms with van der Waals surface area (Å²) in [6, 6.07) is 10.4. The monoisotopic (exact) mass is 348 g/mol. The molecule has 0 aliphatic heterocycles. The maximum Gasteiger partial charge on any atom is 0.303 e. The molecule has 132 valence electrons. The van der Waals surface area contributed by atoms with E-state index in [4.69, 9.17) is 5.11 Å². The number of carbonyl (C=O) groups is 2. The third-order valence-electron chi connectivity index (χ3n) is 5.03. The van der Waals surface area contributed by atoms with E-state index in [2.05, 4.69) is 31.2 Å². The Kier molecular flexibility index (Phi) is 7.83. The predicted molar refractivity (Wildman–Crippen MR) is 98.3 cm³/mol. The van der Waals surface area contributed by atoms with Gasteiger partial charge in [0, 0.05) is 29.4 Å². The number of carboxylic acids is 1. The smallest absolute Gasteiger partial charge is 0.303 e. The highest BCUT2D eigenvalue weighted by molar-refractivity contribution is 7.99. The Morgan fingerprint density at radius 3 is 2.58 bits per heavy atom. The van der Waals surface area contributed by atoms with E-state index in [0.29, 0.717) is 17.6 Å². The van der Waals surface area contributed by atoms with E-state index in [-0.39, 0.29) is 12.3 Å². The number of carboxylic acid groups (broad SMARTS) is 1. The summed E-state index contributed by atoms with van der Waals surface area (Å²) in [5.41, 5.74) is 0. The molecule has 0 amide bonds. The fourth-order valence-electron chi connectivity index (χ4n) is 3.61. The lowest BCUT2D eigenvalue weighted by atomic mass is 9.88. The highest BCUT2D eigenvalue weighted by Crippen LogP contribution is 2.40. The van der Waals surface area contributed by atoms with Gasteiger partial charge in [0.2, 0.25) is 0 Å². The number of benzene rings is 1. The summed E-state index contributed by atoms with van der Waals surface area (Å²) in [5.74, 6) is 1.89. The van der Waals surface area contributed by atoms with Gasteiger partial charge in [-0.15, -0.1) is 11.8 Å². The first kappa shape index (κ1) is 19.0. The minimum Gasteiger partial charge on any atom is -0.481 e. The first-order valence-corrected chi connectivity index (χ1v) is 9.99. The molecule has 1 aromatic rings. The van der Waals surface area contributed by atoms with Crippen molar-refractivity contribution in [3.8, 4) is 0 Å². The number of ketones is 1. The fraction of sp³-hybridized carbons (Fsp3) is 0.600. The van der Waals surface area contributed by atoms with Crippen molar-refractivity contribution >= 4 is 23.5 Å². The van der Waals surface area contributed by atoms with Crippen molar-refractivity contribution in [1.82, 2.24) is 0 Å². The van der Waals surface area contributed by atoms with Crippen LogP contribution >= 0.6 is 11.8 Å². The van der Waals surface area contributed by atoms with Gasteiger partial charge in [-0.05, 0) is 36.8 Å². The number of carbonyl (C=O) groups excluding carboxylic acids is 1. The van der Waals surface area contributed by atoms with Crippen LogP contribution in [0.3, 0.4) is 0 Å². The van der Waals surface area contributed by atoms with Crippen molar-refractivity contribution in [2.45, 2.75) is 56.8 Å². The third kappa shape index (κ3) is 5.97. The van der Waals surface area contributed by atoms with Crippen LogP contribution < -0.4 is 0 Å². The molecule has 1 N–H and O–H groups in total. The van der Waals surface area contributed by atoms with E-state index in [1.807, 2.05) is 17.8 Å². The molecule has 1 aromatic carbocycles. The zero-order valence-electron chi connectivity index (χ0n) is 14.4. The van der Waals surface area contributed by atoms with Gasteiger partial charge >= 0.3 is 5.97 Å². The molecule has 0 radical (unpaired) electrons. The maximum atomic E-state index is 12.3. The lowest BCUT2D eigenvalue weighted by Crippen LogP contribution is -2.19. The summed E-state index contributed by atoms with van der Waals surface area (Å²) >= 11 is 1.86. The molecule has 0 saturated heterocycles. The number of thioether (sulfide) groups is 1. The Bertz CT molecular complexity index is 529. The zero-order valence-corrected chi connectivity index (χ0v) is 15.3. The van der Waals surface area contributed by atoms with Crippen LogP contribution in [0.5, 0.6) is 0 Å². The molecule has 2 rings (SSSR count). The van der Waals surface area contributed by atoms with Crippen molar-refractivity contribution in [2.24, 2.45) is 17.8 Å². The molecule has 1 saturated carbocycles. The van der Waals surface area contributed by atoms with E-state index in [0.717, 1.165) is 44.3 Å². The third-order valence-corrected chi connectivity index (χ3v) is 6.18. The van der Waals surface area contributed by atoms with Crippen molar-refractivity contribution in [2.75, 3.05) is 5.75 Å².